The maximum absolute atomic E-state index is 12.9. The molecule has 0 aromatic heterocycles. The van der Waals surface area contributed by atoms with Crippen LogP contribution < -0.4 is 38.9 Å². The van der Waals surface area contributed by atoms with Crippen LogP contribution in [0.4, 0.5) is 0 Å². The van der Waals surface area contributed by atoms with E-state index in [0.29, 0.717) is 0 Å². The van der Waals surface area contributed by atoms with Crippen LogP contribution in [0.2, 0.25) is 0 Å². The van der Waals surface area contributed by atoms with Crippen LogP contribution >= 0.6 is 0 Å². The molecular formula is C21H32N8O6. The third-order valence-electron chi connectivity index (χ3n) is 4.67. The molecule has 192 valence electrons. The highest BCUT2D eigenvalue weighted by Crippen LogP contribution is 2.05. The molecule has 12 N–H and O–H groups in total. The number of carboxylic acid groups (broad SMARTS) is 1. The van der Waals surface area contributed by atoms with E-state index >= 15 is 0 Å². The van der Waals surface area contributed by atoms with Crippen molar-refractivity contribution in [2.75, 3.05) is 13.1 Å². The molecule has 0 saturated carbocycles. The average molecular weight is 493 g/mol. The first-order chi connectivity index (χ1) is 16.5. The van der Waals surface area contributed by atoms with E-state index in [1.165, 1.54) is 0 Å². The van der Waals surface area contributed by atoms with Crippen molar-refractivity contribution in [1.29, 1.82) is 0 Å². The summed E-state index contributed by atoms with van der Waals surface area (Å²) in [4.78, 5) is 63.8. The molecule has 1 aromatic carbocycles. The summed E-state index contributed by atoms with van der Waals surface area (Å²) in [6.07, 6.45) is -0.00137. The molecule has 4 amide bonds. The van der Waals surface area contributed by atoms with Gasteiger partial charge in [0.15, 0.2) is 5.96 Å². The minimum atomic E-state index is -1.45. The Morgan fingerprint density at radius 3 is 2.11 bits per heavy atom. The minimum Gasteiger partial charge on any atom is -0.480 e. The van der Waals surface area contributed by atoms with Crippen molar-refractivity contribution in [1.82, 2.24) is 16.0 Å². The molecule has 0 fully saturated rings. The van der Waals surface area contributed by atoms with Crippen LogP contribution in [0.25, 0.3) is 0 Å². The fraction of sp³-hybridized carbons (Fsp3) is 0.429. The van der Waals surface area contributed by atoms with Crippen LogP contribution in [-0.2, 0) is 30.4 Å². The first kappa shape index (κ1) is 28.8. The number of carbonyl (C=O) groups excluding carboxylic acids is 4. The first-order valence-corrected chi connectivity index (χ1v) is 10.7. The number of nitrogens with two attached hydrogens (primary N) is 4. The van der Waals surface area contributed by atoms with Gasteiger partial charge in [0.05, 0.1) is 12.5 Å². The summed E-state index contributed by atoms with van der Waals surface area (Å²) in [6, 6.07) is 5.46. The van der Waals surface area contributed by atoms with Crippen molar-refractivity contribution in [3.8, 4) is 0 Å². The van der Waals surface area contributed by atoms with Gasteiger partial charge >= 0.3 is 5.97 Å². The van der Waals surface area contributed by atoms with Gasteiger partial charge in [0, 0.05) is 6.54 Å². The van der Waals surface area contributed by atoms with Crippen LogP contribution in [0, 0.1) is 0 Å². The molecular weight excluding hydrogens is 460 g/mol. The Morgan fingerprint density at radius 1 is 0.914 bits per heavy atom. The van der Waals surface area contributed by atoms with Crippen LogP contribution in [-0.4, -0.2) is 71.9 Å². The maximum Gasteiger partial charge on any atom is 0.322 e. The maximum atomic E-state index is 12.9. The molecule has 0 saturated heterocycles. The summed E-state index contributed by atoms with van der Waals surface area (Å²) in [6.45, 7) is -0.557. The lowest BCUT2D eigenvalue weighted by Gasteiger charge is -2.23. The van der Waals surface area contributed by atoms with Gasteiger partial charge in [0.1, 0.15) is 18.6 Å². The van der Waals surface area contributed by atoms with E-state index < -0.39 is 60.7 Å². The standard InChI is InChI=1S/C21H32N8O6/c22-13(9-12-5-2-1-3-6-12)18(33)28-14(7-4-8-26-21(24)25)20(35)29-15(10-16(23)30)19(34)27-11-17(31)32/h1-3,5-6,13-15H,4,7-11,22H2,(H2,23,30)(H,27,34)(H,28,33)(H,29,35)(H,31,32)(H4,24,25,26). The van der Waals surface area contributed by atoms with Gasteiger partial charge in [-0.05, 0) is 24.8 Å². The second kappa shape index (κ2) is 14.8. The molecule has 1 aromatic rings. The highest BCUT2D eigenvalue weighted by Gasteiger charge is 2.29. The van der Waals surface area contributed by atoms with E-state index in [1.807, 2.05) is 6.07 Å². The van der Waals surface area contributed by atoms with Crippen molar-refractivity contribution in [2.45, 2.75) is 43.8 Å². The zero-order chi connectivity index (χ0) is 26.4. The van der Waals surface area contributed by atoms with Gasteiger partial charge in [0.2, 0.25) is 23.6 Å². The zero-order valence-corrected chi connectivity index (χ0v) is 19.1. The Labute approximate surface area is 201 Å². The van der Waals surface area contributed by atoms with Gasteiger partial charge in [-0.3, -0.25) is 29.0 Å². The van der Waals surface area contributed by atoms with Gasteiger partial charge in [-0.15, -0.1) is 0 Å². The van der Waals surface area contributed by atoms with Crippen LogP contribution in [0.3, 0.4) is 0 Å². The number of aliphatic carboxylic acids is 1. The molecule has 14 heteroatoms. The van der Waals surface area contributed by atoms with E-state index in [2.05, 4.69) is 20.9 Å². The number of amides is 4. The Kier molecular flexibility index (Phi) is 12.2. The van der Waals surface area contributed by atoms with E-state index in [1.54, 1.807) is 24.3 Å². The van der Waals surface area contributed by atoms with E-state index in [4.69, 9.17) is 28.0 Å². The topological polar surface area (TPSA) is 258 Å². The smallest absolute Gasteiger partial charge is 0.322 e. The fourth-order valence-corrected chi connectivity index (χ4v) is 2.98. The fourth-order valence-electron chi connectivity index (χ4n) is 2.98. The predicted octanol–water partition coefficient (Wildman–Crippen LogP) is -3.34. The third-order valence-corrected chi connectivity index (χ3v) is 4.67. The Bertz CT molecular complexity index is 920. The second-order valence-corrected chi connectivity index (χ2v) is 7.65. The number of benzene rings is 1. The summed E-state index contributed by atoms with van der Waals surface area (Å²) in [7, 11) is 0. The summed E-state index contributed by atoms with van der Waals surface area (Å²) in [5.74, 6) is -4.70. The molecule has 0 aliphatic carbocycles. The van der Waals surface area contributed by atoms with E-state index in [9.17, 15) is 24.0 Å². The van der Waals surface area contributed by atoms with Crippen molar-refractivity contribution in [3.63, 3.8) is 0 Å². The normalized spacial score (nSPS) is 12.9. The number of guanidine groups is 1. The molecule has 0 spiro atoms. The number of nitrogens with one attached hydrogen (secondary N) is 3. The summed E-state index contributed by atoms with van der Waals surface area (Å²) in [5.41, 5.74) is 22.5. The number of hydrogen-bond donors (Lipinski definition) is 8. The Morgan fingerprint density at radius 2 is 1.54 bits per heavy atom. The zero-order valence-electron chi connectivity index (χ0n) is 19.1. The lowest BCUT2D eigenvalue weighted by molar-refractivity contribution is -0.138. The molecule has 0 bridgehead atoms. The average Bonchev–Trinajstić information content (AvgIpc) is 2.78. The lowest BCUT2D eigenvalue weighted by Crippen LogP contribution is -2.56. The highest BCUT2D eigenvalue weighted by molar-refractivity contribution is 5.95. The Balaban J connectivity index is 2.93. The molecule has 14 nitrogen and oxygen atoms in total. The predicted molar refractivity (Wildman–Crippen MR) is 126 cm³/mol. The monoisotopic (exact) mass is 492 g/mol. The molecule has 3 unspecified atom stereocenters. The van der Waals surface area contributed by atoms with E-state index in [0.717, 1.165) is 5.56 Å². The molecule has 35 heavy (non-hydrogen) atoms. The first-order valence-electron chi connectivity index (χ1n) is 10.7. The van der Waals surface area contributed by atoms with Gasteiger partial charge in [-0.25, -0.2) is 0 Å². The van der Waals surface area contributed by atoms with Gasteiger partial charge in [-0.2, -0.15) is 0 Å². The van der Waals surface area contributed by atoms with Crippen molar-refractivity contribution >= 4 is 35.6 Å². The quantitative estimate of drug-likeness (QED) is 0.0690. The van der Waals surface area contributed by atoms with Gasteiger partial charge in [0.25, 0.3) is 0 Å². The molecule has 0 aliphatic heterocycles. The summed E-state index contributed by atoms with van der Waals surface area (Å²) < 4.78 is 0. The summed E-state index contributed by atoms with van der Waals surface area (Å²) >= 11 is 0. The van der Waals surface area contributed by atoms with E-state index in [-0.39, 0.29) is 31.8 Å². The highest BCUT2D eigenvalue weighted by atomic mass is 16.4. The van der Waals surface area contributed by atoms with Crippen molar-refractivity contribution < 1.29 is 29.1 Å². The minimum absolute atomic E-state index is 0.0758. The number of carbonyl (C=O) groups is 5. The largest absolute Gasteiger partial charge is 0.480 e. The summed E-state index contributed by atoms with van der Waals surface area (Å²) in [5, 5.41) is 15.7. The second-order valence-electron chi connectivity index (χ2n) is 7.65. The van der Waals surface area contributed by atoms with Crippen molar-refractivity contribution in [3.05, 3.63) is 35.9 Å². The molecule has 3 atom stereocenters. The lowest BCUT2D eigenvalue weighted by atomic mass is 10.0. The number of rotatable bonds is 15. The molecule has 0 aliphatic rings. The van der Waals surface area contributed by atoms with Gasteiger partial charge < -0.3 is 44.0 Å². The molecule has 1 rings (SSSR count). The number of hydrogen-bond acceptors (Lipinski definition) is 7. The number of aliphatic imine (C=N–C) groups is 1. The number of primary amides is 1. The van der Waals surface area contributed by atoms with Crippen molar-refractivity contribution in [2.24, 2.45) is 27.9 Å². The SMILES string of the molecule is NC(=O)CC(NC(=O)C(CCCN=C(N)N)NC(=O)C(N)Cc1ccccc1)C(=O)NCC(=O)O. The third kappa shape index (κ3) is 12.0. The van der Waals surface area contributed by atoms with Crippen LogP contribution in [0.5, 0.6) is 0 Å². The van der Waals surface area contributed by atoms with Gasteiger partial charge in [-0.1, -0.05) is 30.3 Å². The van der Waals surface area contributed by atoms with Crippen LogP contribution in [0.15, 0.2) is 35.3 Å². The molecule has 0 radical (unpaired) electrons. The molecule has 0 heterocycles. The number of carboxylic acids is 1. The van der Waals surface area contributed by atoms with Crippen LogP contribution in [0.1, 0.15) is 24.8 Å². The number of nitrogens with zero attached hydrogens (tertiary/aromatic N) is 1. The Hall–Kier alpha value is -4.20.